The number of rotatable bonds is 3. The number of nitrogens with one attached hydrogen (secondary N) is 1. The van der Waals surface area contributed by atoms with E-state index in [2.05, 4.69) is 15.3 Å². The van der Waals surface area contributed by atoms with Crippen molar-refractivity contribution >= 4 is 28.9 Å². The molecule has 1 heterocycles. The largest absolute Gasteiger partial charge is 0.383 e. The number of hydrogen-bond donors (Lipinski definition) is 2. The van der Waals surface area contributed by atoms with Gasteiger partial charge in [0.15, 0.2) is 0 Å². The van der Waals surface area contributed by atoms with Crippen LogP contribution in [0.25, 0.3) is 0 Å². The Balaban J connectivity index is 2.39. The molecule has 0 amide bonds. The van der Waals surface area contributed by atoms with E-state index in [4.69, 9.17) is 17.3 Å². The van der Waals surface area contributed by atoms with Gasteiger partial charge in [0, 0.05) is 22.2 Å². The fourth-order valence-corrected chi connectivity index (χ4v) is 1.92. The molecule has 0 radical (unpaired) electrons. The van der Waals surface area contributed by atoms with Crippen molar-refractivity contribution in [2.75, 3.05) is 11.1 Å². The Labute approximate surface area is 124 Å². The summed E-state index contributed by atoms with van der Waals surface area (Å²) < 4.78 is 0. The zero-order valence-electron chi connectivity index (χ0n) is 12.2. The quantitative estimate of drug-likeness (QED) is 0.889. The lowest BCUT2D eigenvalue weighted by molar-refractivity contribution is 0.776. The van der Waals surface area contributed by atoms with Gasteiger partial charge in [-0.15, -0.1) is 0 Å². The first kappa shape index (κ1) is 14.6. The summed E-state index contributed by atoms with van der Waals surface area (Å²) in [6.07, 6.45) is 0. The standard InChI is InChI=1S/C15H19ClN4/c1-8(2)14-19-13(17)10(4)15(20-14)18-11-6-5-9(3)12(16)7-11/h5-8H,1-4H3,(H3,17,18,19,20). The second kappa shape index (κ2) is 5.67. The second-order valence-corrected chi connectivity index (χ2v) is 5.59. The van der Waals surface area contributed by atoms with E-state index in [0.717, 1.165) is 33.5 Å². The molecule has 0 unspecified atom stereocenters. The van der Waals surface area contributed by atoms with Gasteiger partial charge in [-0.1, -0.05) is 31.5 Å². The van der Waals surface area contributed by atoms with E-state index < -0.39 is 0 Å². The van der Waals surface area contributed by atoms with Gasteiger partial charge in [0.1, 0.15) is 17.5 Å². The fraction of sp³-hybridized carbons (Fsp3) is 0.333. The number of aromatic nitrogens is 2. The highest BCUT2D eigenvalue weighted by molar-refractivity contribution is 6.31. The van der Waals surface area contributed by atoms with Gasteiger partial charge < -0.3 is 11.1 Å². The lowest BCUT2D eigenvalue weighted by Crippen LogP contribution is -2.08. The molecule has 0 atom stereocenters. The van der Waals surface area contributed by atoms with Crippen LogP contribution in [-0.2, 0) is 0 Å². The molecule has 1 aromatic heterocycles. The first-order chi connectivity index (χ1) is 9.38. The molecule has 2 aromatic rings. The lowest BCUT2D eigenvalue weighted by Gasteiger charge is -2.14. The number of halogens is 1. The Morgan fingerprint density at radius 2 is 1.90 bits per heavy atom. The number of hydrogen-bond acceptors (Lipinski definition) is 4. The van der Waals surface area contributed by atoms with Crippen LogP contribution in [0, 0.1) is 13.8 Å². The molecule has 0 spiro atoms. The van der Waals surface area contributed by atoms with Gasteiger partial charge in [0.25, 0.3) is 0 Å². The summed E-state index contributed by atoms with van der Waals surface area (Å²) in [5.74, 6) is 2.18. The lowest BCUT2D eigenvalue weighted by atomic mass is 10.2. The molecule has 0 bridgehead atoms. The first-order valence-electron chi connectivity index (χ1n) is 6.55. The Kier molecular flexibility index (Phi) is 4.14. The van der Waals surface area contributed by atoms with Crippen LogP contribution >= 0.6 is 11.6 Å². The monoisotopic (exact) mass is 290 g/mol. The van der Waals surface area contributed by atoms with E-state index in [-0.39, 0.29) is 5.92 Å². The molecule has 0 saturated carbocycles. The zero-order valence-corrected chi connectivity index (χ0v) is 12.9. The summed E-state index contributed by atoms with van der Waals surface area (Å²) in [7, 11) is 0. The zero-order chi connectivity index (χ0) is 14.9. The molecule has 1 aromatic carbocycles. The maximum atomic E-state index is 6.14. The van der Waals surface area contributed by atoms with Gasteiger partial charge in [0.2, 0.25) is 0 Å². The van der Waals surface area contributed by atoms with E-state index in [9.17, 15) is 0 Å². The van der Waals surface area contributed by atoms with E-state index in [0.29, 0.717) is 5.82 Å². The van der Waals surface area contributed by atoms with Crippen molar-refractivity contribution in [2.24, 2.45) is 0 Å². The van der Waals surface area contributed by atoms with E-state index >= 15 is 0 Å². The maximum absolute atomic E-state index is 6.14. The van der Waals surface area contributed by atoms with Gasteiger partial charge in [-0.25, -0.2) is 9.97 Å². The summed E-state index contributed by atoms with van der Waals surface area (Å²) in [6.45, 7) is 7.95. The van der Waals surface area contributed by atoms with E-state index in [1.807, 2.05) is 45.9 Å². The van der Waals surface area contributed by atoms with E-state index in [1.165, 1.54) is 0 Å². The summed E-state index contributed by atoms with van der Waals surface area (Å²) in [5, 5.41) is 3.98. The summed E-state index contributed by atoms with van der Waals surface area (Å²) in [4.78, 5) is 8.84. The molecule has 2 rings (SSSR count). The Morgan fingerprint density at radius 3 is 2.50 bits per heavy atom. The fourth-order valence-electron chi connectivity index (χ4n) is 1.74. The van der Waals surface area contributed by atoms with Crippen molar-refractivity contribution in [3.05, 3.63) is 40.2 Å². The average molecular weight is 291 g/mol. The summed E-state index contributed by atoms with van der Waals surface area (Å²) >= 11 is 6.14. The third kappa shape index (κ3) is 3.02. The molecule has 4 nitrogen and oxygen atoms in total. The van der Waals surface area contributed by atoms with Gasteiger partial charge in [-0.05, 0) is 31.5 Å². The molecule has 106 valence electrons. The molecule has 0 aliphatic rings. The van der Waals surface area contributed by atoms with Crippen molar-refractivity contribution in [2.45, 2.75) is 33.6 Å². The average Bonchev–Trinajstić information content (AvgIpc) is 2.38. The van der Waals surface area contributed by atoms with Crippen LogP contribution in [0.4, 0.5) is 17.3 Å². The molecule has 0 saturated heterocycles. The highest BCUT2D eigenvalue weighted by atomic mass is 35.5. The second-order valence-electron chi connectivity index (χ2n) is 5.18. The molecular weight excluding hydrogens is 272 g/mol. The van der Waals surface area contributed by atoms with Crippen molar-refractivity contribution in [3.8, 4) is 0 Å². The molecule has 5 heteroatoms. The summed E-state index contributed by atoms with van der Waals surface area (Å²) in [5.41, 5.74) is 8.72. The Bertz CT molecular complexity index is 638. The maximum Gasteiger partial charge on any atom is 0.139 e. The van der Waals surface area contributed by atoms with Crippen molar-refractivity contribution in [3.63, 3.8) is 0 Å². The smallest absolute Gasteiger partial charge is 0.139 e. The number of nitrogens with zero attached hydrogens (tertiary/aromatic N) is 2. The van der Waals surface area contributed by atoms with Crippen LogP contribution in [0.1, 0.15) is 36.7 Å². The highest BCUT2D eigenvalue weighted by Gasteiger charge is 2.11. The van der Waals surface area contributed by atoms with Crippen LogP contribution in [0.2, 0.25) is 5.02 Å². The highest BCUT2D eigenvalue weighted by Crippen LogP contribution is 2.26. The molecule has 0 fully saturated rings. The topological polar surface area (TPSA) is 63.8 Å². The number of nitrogen functional groups attached to an aromatic ring is 1. The van der Waals surface area contributed by atoms with Crippen molar-refractivity contribution in [1.29, 1.82) is 0 Å². The Hall–Kier alpha value is -1.81. The number of aryl methyl sites for hydroxylation is 1. The molecule has 20 heavy (non-hydrogen) atoms. The van der Waals surface area contributed by atoms with Gasteiger partial charge >= 0.3 is 0 Å². The van der Waals surface area contributed by atoms with Crippen LogP contribution in [-0.4, -0.2) is 9.97 Å². The van der Waals surface area contributed by atoms with Crippen molar-refractivity contribution in [1.82, 2.24) is 9.97 Å². The first-order valence-corrected chi connectivity index (χ1v) is 6.93. The van der Waals surface area contributed by atoms with E-state index in [1.54, 1.807) is 0 Å². The third-order valence-corrected chi connectivity index (χ3v) is 3.56. The minimum absolute atomic E-state index is 0.222. The molecule has 0 aliphatic carbocycles. The van der Waals surface area contributed by atoms with Crippen LogP contribution in [0.15, 0.2) is 18.2 Å². The van der Waals surface area contributed by atoms with Crippen LogP contribution < -0.4 is 11.1 Å². The van der Waals surface area contributed by atoms with Gasteiger partial charge in [-0.2, -0.15) is 0 Å². The minimum Gasteiger partial charge on any atom is -0.383 e. The third-order valence-electron chi connectivity index (χ3n) is 3.15. The number of benzene rings is 1. The molecule has 0 aliphatic heterocycles. The Morgan fingerprint density at radius 1 is 1.20 bits per heavy atom. The number of anilines is 3. The SMILES string of the molecule is Cc1ccc(Nc2nc(C(C)C)nc(N)c2C)cc1Cl. The predicted molar refractivity (Wildman–Crippen MR) is 84.7 cm³/mol. The van der Waals surface area contributed by atoms with Crippen LogP contribution in [0.3, 0.4) is 0 Å². The molecular formula is C15H19ClN4. The van der Waals surface area contributed by atoms with Crippen LogP contribution in [0.5, 0.6) is 0 Å². The van der Waals surface area contributed by atoms with Gasteiger partial charge in [0.05, 0.1) is 0 Å². The molecule has 3 N–H and O–H groups in total. The number of nitrogens with two attached hydrogens (primary N) is 1. The predicted octanol–water partition coefficient (Wildman–Crippen LogP) is 4.20. The van der Waals surface area contributed by atoms with Gasteiger partial charge in [-0.3, -0.25) is 0 Å². The summed E-state index contributed by atoms with van der Waals surface area (Å²) in [6, 6.07) is 5.81. The minimum atomic E-state index is 0.222. The normalized spacial score (nSPS) is 10.9. The van der Waals surface area contributed by atoms with Crippen molar-refractivity contribution < 1.29 is 0 Å².